The number of piperazine rings is 1. The van der Waals surface area contributed by atoms with Gasteiger partial charge < -0.3 is 19.1 Å². The summed E-state index contributed by atoms with van der Waals surface area (Å²) >= 11 is 5.91. The van der Waals surface area contributed by atoms with E-state index < -0.39 is 0 Å². The van der Waals surface area contributed by atoms with Gasteiger partial charge in [0.1, 0.15) is 5.82 Å². The third-order valence-corrected chi connectivity index (χ3v) is 5.87. The highest BCUT2D eigenvalue weighted by Crippen LogP contribution is 2.25. The van der Waals surface area contributed by atoms with Crippen molar-refractivity contribution in [3.63, 3.8) is 0 Å². The largest absolute Gasteiger partial charge is 0.462 e. The molecule has 0 saturated carbocycles. The zero-order valence-corrected chi connectivity index (χ0v) is 19.3. The zero-order valence-electron chi connectivity index (χ0n) is 18.5. The molecule has 1 aliphatic heterocycles. The van der Waals surface area contributed by atoms with Crippen LogP contribution in [-0.2, 0) is 16.1 Å². The van der Waals surface area contributed by atoms with Gasteiger partial charge in [0.15, 0.2) is 0 Å². The highest BCUT2D eigenvalue weighted by atomic mass is 35.5. The molecule has 1 saturated heterocycles. The zero-order chi connectivity index (χ0) is 22.5. The summed E-state index contributed by atoms with van der Waals surface area (Å²) in [5.74, 6) is 0.435. The summed E-state index contributed by atoms with van der Waals surface area (Å²) in [5, 5.41) is 0.604. The van der Waals surface area contributed by atoms with Crippen LogP contribution in [0, 0.1) is 13.8 Å². The molecule has 0 radical (unpaired) electrons. The molecule has 1 aliphatic rings. The van der Waals surface area contributed by atoms with Crippen LogP contribution in [-0.4, -0.2) is 59.1 Å². The molecule has 0 aromatic carbocycles. The molecule has 0 N–H and O–H groups in total. The molecule has 7 nitrogen and oxygen atoms in total. The summed E-state index contributed by atoms with van der Waals surface area (Å²) in [6, 6.07) is 3.71. The van der Waals surface area contributed by atoms with E-state index in [1.165, 1.54) is 0 Å². The molecule has 0 aliphatic carbocycles. The second kappa shape index (κ2) is 10.0. The fourth-order valence-electron chi connectivity index (χ4n) is 4.02. The number of rotatable bonds is 6. The number of carbonyl (C=O) groups is 2. The predicted octanol–water partition coefficient (Wildman–Crippen LogP) is 3.71. The number of hydrogen-bond donors (Lipinski definition) is 0. The smallest absolute Gasteiger partial charge is 0.340 e. The normalized spacial score (nSPS) is 14.4. The molecule has 1 fully saturated rings. The lowest BCUT2D eigenvalue weighted by Crippen LogP contribution is -2.48. The van der Waals surface area contributed by atoms with E-state index in [-0.39, 0.29) is 11.9 Å². The Kier molecular flexibility index (Phi) is 7.38. The number of anilines is 1. The lowest BCUT2D eigenvalue weighted by molar-refractivity contribution is -0.126. The lowest BCUT2D eigenvalue weighted by atomic mass is 10.1. The Morgan fingerprint density at radius 1 is 1.13 bits per heavy atom. The first-order valence-corrected chi connectivity index (χ1v) is 10.9. The fourth-order valence-corrected chi connectivity index (χ4v) is 4.13. The first-order valence-electron chi connectivity index (χ1n) is 10.6. The van der Waals surface area contributed by atoms with Crippen molar-refractivity contribution in [2.24, 2.45) is 0 Å². The Morgan fingerprint density at radius 2 is 1.84 bits per heavy atom. The number of pyridine rings is 1. The van der Waals surface area contributed by atoms with Gasteiger partial charge in [0.25, 0.3) is 0 Å². The molecule has 166 valence electrons. The molecule has 3 rings (SSSR count). The van der Waals surface area contributed by atoms with Crippen LogP contribution in [0.2, 0.25) is 5.02 Å². The van der Waals surface area contributed by atoms with Crippen LogP contribution < -0.4 is 4.90 Å². The molecule has 0 spiro atoms. The summed E-state index contributed by atoms with van der Waals surface area (Å²) in [7, 11) is 0. The Balaban J connectivity index is 1.72. The van der Waals surface area contributed by atoms with Gasteiger partial charge in [-0.25, -0.2) is 9.78 Å². The molecule has 0 unspecified atom stereocenters. The number of esters is 1. The van der Waals surface area contributed by atoms with Crippen molar-refractivity contribution in [1.82, 2.24) is 14.5 Å². The van der Waals surface area contributed by atoms with E-state index in [1.54, 1.807) is 25.3 Å². The molecule has 2 aromatic heterocycles. The molecule has 3 heterocycles. The maximum Gasteiger partial charge on any atom is 0.340 e. The van der Waals surface area contributed by atoms with Gasteiger partial charge in [-0.3, -0.25) is 4.79 Å². The average Bonchev–Trinajstić information content (AvgIpc) is 3.01. The van der Waals surface area contributed by atoms with Crippen molar-refractivity contribution in [1.29, 1.82) is 0 Å². The Morgan fingerprint density at radius 3 is 2.42 bits per heavy atom. The van der Waals surface area contributed by atoms with Gasteiger partial charge in [-0.1, -0.05) is 11.6 Å². The monoisotopic (exact) mass is 444 g/mol. The van der Waals surface area contributed by atoms with Crippen molar-refractivity contribution in [2.45, 2.75) is 34.2 Å². The summed E-state index contributed by atoms with van der Waals surface area (Å²) in [6.07, 6.45) is 4.93. The Bertz CT molecular complexity index is 974. The van der Waals surface area contributed by atoms with Crippen LogP contribution in [0.25, 0.3) is 6.08 Å². The minimum absolute atomic E-state index is 0.0696. The predicted molar refractivity (Wildman–Crippen MR) is 123 cm³/mol. The SMILES string of the molecule is CCOC(=O)c1c(C=CC(=O)N2CCN(c3ccc(Cl)cn3)CC2)c(C)n(CC)c1C. The molecule has 0 bridgehead atoms. The van der Waals surface area contributed by atoms with E-state index in [0.717, 1.165) is 29.3 Å². The lowest BCUT2D eigenvalue weighted by Gasteiger charge is -2.34. The third kappa shape index (κ3) is 4.93. The van der Waals surface area contributed by atoms with Crippen LogP contribution in [0.15, 0.2) is 24.4 Å². The van der Waals surface area contributed by atoms with E-state index in [1.807, 2.05) is 37.8 Å². The number of amides is 1. The van der Waals surface area contributed by atoms with Gasteiger partial charge in [-0.05, 0) is 45.9 Å². The standard InChI is InChI=1S/C23H29ClN4O3/c1-5-28-16(3)19(22(17(28)4)23(30)31-6-2)8-10-21(29)27-13-11-26(12-14-27)20-9-7-18(24)15-25-20/h7-10,15H,5-6,11-14H2,1-4H3. The van der Waals surface area contributed by atoms with E-state index in [4.69, 9.17) is 16.3 Å². The van der Waals surface area contributed by atoms with Crippen molar-refractivity contribution >= 4 is 35.4 Å². The van der Waals surface area contributed by atoms with Crippen molar-refractivity contribution in [2.75, 3.05) is 37.7 Å². The maximum atomic E-state index is 12.8. The quantitative estimate of drug-likeness (QED) is 0.502. The van der Waals surface area contributed by atoms with E-state index in [9.17, 15) is 9.59 Å². The second-order valence-electron chi connectivity index (χ2n) is 7.40. The summed E-state index contributed by atoms with van der Waals surface area (Å²) in [6.45, 7) is 11.3. The third-order valence-electron chi connectivity index (χ3n) is 5.65. The van der Waals surface area contributed by atoms with Crippen molar-refractivity contribution in [3.8, 4) is 0 Å². The number of carbonyl (C=O) groups excluding carboxylic acids is 2. The van der Waals surface area contributed by atoms with Gasteiger partial charge in [-0.15, -0.1) is 0 Å². The number of aromatic nitrogens is 2. The fraction of sp³-hybridized carbons (Fsp3) is 0.435. The number of nitrogens with zero attached hydrogens (tertiary/aromatic N) is 4. The van der Waals surface area contributed by atoms with Crippen LogP contribution in [0.4, 0.5) is 5.82 Å². The van der Waals surface area contributed by atoms with Crippen LogP contribution in [0.1, 0.15) is 41.2 Å². The first-order chi connectivity index (χ1) is 14.9. The number of hydrogen-bond acceptors (Lipinski definition) is 5. The maximum absolute atomic E-state index is 12.8. The summed E-state index contributed by atoms with van der Waals surface area (Å²) in [4.78, 5) is 33.6. The Hall–Kier alpha value is -2.80. The van der Waals surface area contributed by atoms with E-state index >= 15 is 0 Å². The van der Waals surface area contributed by atoms with E-state index in [2.05, 4.69) is 14.5 Å². The molecular formula is C23H29ClN4O3. The van der Waals surface area contributed by atoms with Gasteiger partial charge >= 0.3 is 5.97 Å². The van der Waals surface area contributed by atoms with Gasteiger partial charge in [0.05, 0.1) is 17.2 Å². The summed E-state index contributed by atoms with van der Waals surface area (Å²) < 4.78 is 7.31. The molecule has 2 aromatic rings. The van der Waals surface area contributed by atoms with Crippen molar-refractivity contribution in [3.05, 3.63) is 51.9 Å². The molecule has 31 heavy (non-hydrogen) atoms. The topological polar surface area (TPSA) is 67.7 Å². The Labute approximate surface area is 188 Å². The minimum Gasteiger partial charge on any atom is -0.462 e. The molecular weight excluding hydrogens is 416 g/mol. The van der Waals surface area contributed by atoms with Gasteiger partial charge in [0.2, 0.25) is 5.91 Å². The molecule has 1 amide bonds. The van der Waals surface area contributed by atoms with Crippen LogP contribution in [0.3, 0.4) is 0 Å². The molecule has 8 heteroatoms. The number of ether oxygens (including phenoxy) is 1. The minimum atomic E-state index is -0.355. The second-order valence-corrected chi connectivity index (χ2v) is 7.84. The van der Waals surface area contributed by atoms with Crippen LogP contribution >= 0.6 is 11.6 Å². The van der Waals surface area contributed by atoms with Gasteiger partial charge in [0, 0.05) is 61.9 Å². The highest BCUT2D eigenvalue weighted by Gasteiger charge is 2.24. The van der Waals surface area contributed by atoms with Crippen molar-refractivity contribution < 1.29 is 14.3 Å². The summed E-state index contributed by atoms with van der Waals surface area (Å²) in [5.41, 5.74) is 3.08. The van der Waals surface area contributed by atoms with Crippen LogP contribution in [0.5, 0.6) is 0 Å². The highest BCUT2D eigenvalue weighted by molar-refractivity contribution is 6.30. The number of halogens is 1. The average molecular weight is 445 g/mol. The van der Waals surface area contributed by atoms with E-state index in [0.29, 0.717) is 43.4 Å². The molecule has 0 atom stereocenters. The van der Waals surface area contributed by atoms with Gasteiger partial charge in [-0.2, -0.15) is 0 Å². The first kappa shape index (κ1) is 22.9.